The lowest BCUT2D eigenvalue weighted by Crippen LogP contribution is -2.35. The van der Waals surface area contributed by atoms with E-state index >= 15 is 0 Å². The summed E-state index contributed by atoms with van der Waals surface area (Å²) >= 11 is 1.31. The fraction of sp³-hybridized carbons (Fsp3) is 0.238. The van der Waals surface area contributed by atoms with Gasteiger partial charge in [-0.1, -0.05) is 42.5 Å². The highest BCUT2D eigenvalue weighted by Gasteiger charge is 2.30. The van der Waals surface area contributed by atoms with Gasteiger partial charge in [-0.2, -0.15) is 0 Å². The van der Waals surface area contributed by atoms with Crippen molar-refractivity contribution >= 4 is 28.1 Å². The molecule has 4 rings (SSSR count). The lowest BCUT2D eigenvalue weighted by Gasteiger charge is -2.26. The number of carbonyl (C=O) groups is 1. The molecular weight excluding hydrogens is 388 g/mol. The Hall–Kier alpha value is -3.10. The Balaban J connectivity index is 1.54. The molecule has 1 saturated heterocycles. The second kappa shape index (κ2) is 8.50. The molecule has 8 heteroatoms. The van der Waals surface area contributed by atoms with Crippen LogP contribution in [0.15, 0.2) is 60.0 Å². The normalized spacial score (nSPS) is 15.2. The van der Waals surface area contributed by atoms with Crippen molar-refractivity contribution in [3.8, 4) is 11.3 Å². The summed E-state index contributed by atoms with van der Waals surface area (Å²) in [7, 11) is 0. The standard InChI is InChI=1S/C21H20N4O3S/c26-20(19(24-11-4-5-12-24)15-7-2-1-3-8-15)23-21-22-18(14-29-21)16-9-6-10-17(13-16)25(27)28/h1-3,6-10,13-14,19H,4-5,11-12H2,(H,22,23,26). The number of hydrogen-bond donors (Lipinski definition) is 1. The van der Waals surface area contributed by atoms with Crippen LogP contribution in [0.2, 0.25) is 0 Å². The summed E-state index contributed by atoms with van der Waals surface area (Å²) in [5.74, 6) is -0.113. The minimum atomic E-state index is -0.431. The average molecular weight is 408 g/mol. The minimum absolute atomic E-state index is 0.0132. The Morgan fingerprint density at radius 1 is 1.14 bits per heavy atom. The summed E-state index contributed by atoms with van der Waals surface area (Å²) in [4.78, 5) is 30.3. The number of nitrogens with one attached hydrogen (secondary N) is 1. The number of aromatic nitrogens is 1. The number of non-ortho nitro benzene ring substituents is 1. The third-order valence-corrected chi connectivity index (χ3v) is 5.71. The Bertz CT molecular complexity index is 1020. The number of benzene rings is 2. The Kier molecular flexibility index (Phi) is 5.64. The summed E-state index contributed by atoms with van der Waals surface area (Å²) in [5, 5.41) is 16.2. The molecule has 1 amide bonds. The quantitative estimate of drug-likeness (QED) is 0.479. The second-order valence-corrected chi connectivity index (χ2v) is 7.75. The fourth-order valence-corrected chi connectivity index (χ4v) is 4.30. The maximum absolute atomic E-state index is 13.1. The van der Waals surface area contributed by atoms with Crippen LogP contribution < -0.4 is 5.32 Å². The molecule has 3 aromatic rings. The van der Waals surface area contributed by atoms with Crippen LogP contribution in [0.5, 0.6) is 0 Å². The van der Waals surface area contributed by atoms with Crippen LogP contribution >= 0.6 is 11.3 Å². The van der Waals surface area contributed by atoms with E-state index in [0.717, 1.165) is 31.5 Å². The zero-order chi connectivity index (χ0) is 20.2. The van der Waals surface area contributed by atoms with Crippen molar-refractivity contribution in [2.75, 3.05) is 18.4 Å². The number of nitrogens with zero attached hydrogens (tertiary/aromatic N) is 3. The summed E-state index contributed by atoms with van der Waals surface area (Å²) in [6.07, 6.45) is 2.18. The van der Waals surface area contributed by atoms with E-state index < -0.39 is 4.92 Å². The smallest absolute Gasteiger partial charge is 0.270 e. The van der Waals surface area contributed by atoms with Crippen molar-refractivity contribution in [2.24, 2.45) is 0 Å². The molecule has 1 aliphatic rings. The molecule has 1 atom stereocenters. The van der Waals surface area contributed by atoms with Gasteiger partial charge in [-0.25, -0.2) is 4.98 Å². The molecule has 148 valence electrons. The van der Waals surface area contributed by atoms with Crippen LogP contribution in [0.3, 0.4) is 0 Å². The van der Waals surface area contributed by atoms with Crippen LogP contribution in [0.25, 0.3) is 11.3 Å². The molecule has 1 unspecified atom stereocenters. The average Bonchev–Trinajstić information content (AvgIpc) is 3.42. The summed E-state index contributed by atoms with van der Waals surface area (Å²) in [5.41, 5.74) is 2.23. The number of likely N-dealkylation sites (tertiary alicyclic amines) is 1. The Morgan fingerprint density at radius 2 is 1.90 bits per heavy atom. The molecule has 2 aromatic carbocycles. The SMILES string of the molecule is O=C(Nc1nc(-c2cccc([N+](=O)[O-])c2)cs1)C(c1ccccc1)N1CCCC1. The van der Waals surface area contributed by atoms with Crippen molar-refractivity contribution in [3.63, 3.8) is 0 Å². The van der Waals surface area contributed by atoms with Crippen LogP contribution in [-0.2, 0) is 4.79 Å². The van der Waals surface area contributed by atoms with Crippen LogP contribution in [0.4, 0.5) is 10.8 Å². The molecule has 0 spiro atoms. The monoisotopic (exact) mass is 408 g/mol. The van der Waals surface area contributed by atoms with Gasteiger partial charge in [-0.05, 0) is 31.5 Å². The molecule has 2 heterocycles. The molecule has 1 aromatic heterocycles. The maximum Gasteiger partial charge on any atom is 0.270 e. The van der Waals surface area contributed by atoms with E-state index in [-0.39, 0.29) is 17.6 Å². The number of anilines is 1. The number of nitro groups is 1. The van der Waals surface area contributed by atoms with Gasteiger partial charge >= 0.3 is 0 Å². The van der Waals surface area contributed by atoms with Crippen LogP contribution in [0.1, 0.15) is 24.4 Å². The first-order chi connectivity index (χ1) is 14.1. The van der Waals surface area contributed by atoms with E-state index in [9.17, 15) is 14.9 Å². The molecule has 0 radical (unpaired) electrons. The van der Waals surface area contributed by atoms with Gasteiger partial charge in [0.1, 0.15) is 6.04 Å². The highest BCUT2D eigenvalue weighted by atomic mass is 32.1. The third kappa shape index (κ3) is 4.33. The second-order valence-electron chi connectivity index (χ2n) is 6.89. The van der Waals surface area contributed by atoms with Crippen LogP contribution in [0, 0.1) is 10.1 Å². The number of thiazole rings is 1. The first-order valence-corrected chi connectivity index (χ1v) is 10.3. The molecule has 7 nitrogen and oxygen atoms in total. The van der Waals surface area contributed by atoms with Gasteiger partial charge in [0.05, 0.1) is 10.6 Å². The highest BCUT2D eigenvalue weighted by Crippen LogP contribution is 2.30. The molecule has 0 bridgehead atoms. The number of carbonyl (C=O) groups excluding carboxylic acids is 1. The van der Waals surface area contributed by atoms with E-state index in [2.05, 4.69) is 15.2 Å². The molecule has 29 heavy (non-hydrogen) atoms. The highest BCUT2D eigenvalue weighted by molar-refractivity contribution is 7.14. The van der Waals surface area contributed by atoms with Crippen molar-refractivity contribution in [1.29, 1.82) is 0 Å². The van der Waals surface area contributed by atoms with Crippen molar-refractivity contribution < 1.29 is 9.72 Å². The minimum Gasteiger partial charge on any atom is -0.300 e. The van der Waals surface area contributed by atoms with E-state index in [1.807, 2.05) is 30.3 Å². The topological polar surface area (TPSA) is 88.4 Å². The summed E-state index contributed by atoms with van der Waals surface area (Å²) < 4.78 is 0. The van der Waals surface area contributed by atoms with Crippen molar-refractivity contribution in [2.45, 2.75) is 18.9 Å². The first kappa shape index (κ1) is 19.2. The van der Waals surface area contributed by atoms with E-state index in [1.54, 1.807) is 17.5 Å². The third-order valence-electron chi connectivity index (χ3n) is 4.96. The number of rotatable bonds is 6. The Labute approximate surface area is 172 Å². The van der Waals surface area contributed by atoms with E-state index in [0.29, 0.717) is 16.4 Å². The molecule has 1 N–H and O–H groups in total. The van der Waals surface area contributed by atoms with Gasteiger partial charge in [-0.15, -0.1) is 11.3 Å². The van der Waals surface area contributed by atoms with Gasteiger partial charge in [0.25, 0.3) is 5.69 Å². The van der Waals surface area contributed by atoms with Gasteiger partial charge < -0.3 is 5.32 Å². The first-order valence-electron chi connectivity index (χ1n) is 9.42. The molecular formula is C21H20N4O3S. The largest absolute Gasteiger partial charge is 0.300 e. The van der Waals surface area contributed by atoms with Gasteiger partial charge in [0, 0.05) is 23.1 Å². The van der Waals surface area contributed by atoms with Gasteiger partial charge in [0.15, 0.2) is 5.13 Å². The predicted molar refractivity (Wildman–Crippen MR) is 113 cm³/mol. The van der Waals surface area contributed by atoms with Crippen molar-refractivity contribution in [3.05, 3.63) is 75.7 Å². The van der Waals surface area contributed by atoms with Crippen molar-refractivity contribution in [1.82, 2.24) is 9.88 Å². The van der Waals surface area contributed by atoms with Gasteiger partial charge in [0.2, 0.25) is 5.91 Å². The van der Waals surface area contributed by atoms with E-state index in [4.69, 9.17) is 0 Å². The summed E-state index contributed by atoms with van der Waals surface area (Å²) in [6.45, 7) is 1.79. The zero-order valence-electron chi connectivity index (χ0n) is 15.7. The molecule has 1 fully saturated rings. The predicted octanol–water partition coefficient (Wildman–Crippen LogP) is 4.49. The fourth-order valence-electron chi connectivity index (χ4n) is 3.58. The van der Waals surface area contributed by atoms with E-state index in [1.165, 1.54) is 23.5 Å². The number of amides is 1. The molecule has 1 aliphatic heterocycles. The lowest BCUT2D eigenvalue weighted by molar-refractivity contribution is -0.384. The van der Waals surface area contributed by atoms with Crippen LogP contribution in [-0.4, -0.2) is 33.8 Å². The molecule has 0 aliphatic carbocycles. The lowest BCUT2D eigenvalue weighted by atomic mass is 10.0. The number of hydrogen-bond acceptors (Lipinski definition) is 6. The van der Waals surface area contributed by atoms with Gasteiger partial charge in [-0.3, -0.25) is 19.8 Å². The molecule has 0 saturated carbocycles. The Morgan fingerprint density at radius 3 is 2.62 bits per heavy atom. The zero-order valence-corrected chi connectivity index (χ0v) is 16.5. The maximum atomic E-state index is 13.1. The number of nitro benzene ring substituents is 1. The summed E-state index contributed by atoms with van der Waals surface area (Å²) in [6, 6.07) is 15.7.